The lowest BCUT2D eigenvalue weighted by molar-refractivity contribution is 0.0349. The van der Waals surface area contributed by atoms with Crippen molar-refractivity contribution in [2.45, 2.75) is 25.1 Å². The van der Waals surface area contributed by atoms with Gasteiger partial charge in [-0.15, -0.1) is 0 Å². The maximum absolute atomic E-state index is 12.9. The monoisotopic (exact) mass is 394 g/mol. The van der Waals surface area contributed by atoms with Gasteiger partial charge in [-0.1, -0.05) is 42.1 Å². The molecule has 4 rings (SSSR count). The molecule has 4 aromatic rings. The van der Waals surface area contributed by atoms with Crippen molar-refractivity contribution in [2.24, 2.45) is 0 Å². The number of aryl methyl sites for hydroxylation is 2. The third-order valence-electron chi connectivity index (χ3n) is 4.18. The summed E-state index contributed by atoms with van der Waals surface area (Å²) in [5.74, 6) is 0.0369. The van der Waals surface area contributed by atoms with Crippen molar-refractivity contribution in [1.82, 2.24) is 29.8 Å². The summed E-state index contributed by atoms with van der Waals surface area (Å²) >= 11 is 1.43. The molecule has 0 aliphatic heterocycles. The molecule has 9 heteroatoms. The van der Waals surface area contributed by atoms with Crippen molar-refractivity contribution in [1.29, 1.82) is 0 Å². The maximum atomic E-state index is 12.9. The number of hydrogen-bond donors (Lipinski definition) is 1. The van der Waals surface area contributed by atoms with Crippen LogP contribution in [0, 0.1) is 13.8 Å². The summed E-state index contributed by atoms with van der Waals surface area (Å²) in [5, 5.41) is 11.6. The number of aromatic nitrogens is 6. The molecule has 1 aromatic carbocycles. The lowest BCUT2D eigenvalue weighted by Gasteiger charge is -2.17. The highest BCUT2D eigenvalue weighted by Gasteiger charge is 2.23. The Balaban J connectivity index is 1.60. The molecule has 3 aromatic heterocycles. The molecule has 0 bridgehead atoms. The lowest BCUT2D eigenvalue weighted by Crippen LogP contribution is -2.14. The second-order valence-electron chi connectivity index (χ2n) is 6.24. The number of H-pyrrole nitrogens is 1. The summed E-state index contributed by atoms with van der Waals surface area (Å²) in [5.41, 5.74) is 3.47. The molecule has 0 spiro atoms. The summed E-state index contributed by atoms with van der Waals surface area (Å²) in [4.78, 5) is 21.5. The van der Waals surface area contributed by atoms with E-state index < -0.39 is 12.1 Å². The quantitative estimate of drug-likeness (QED) is 0.396. The van der Waals surface area contributed by atoms with Gasteiger partial charge in [0.15, 0.2) is 10.8 Å². The van der Waals surface area contributed by atoms with Gasteiger partial charge >= 0.3 is 5.97 Å². The normalized spacial score (nSPS) is 12.2. The fourth-order valence-electron chi connectivity index (χ4n) is 2.89. The lowest BCUT2D eigenvalue weighted by atomic mass is 10.1. The molecular weight excluding hydrogens is 376 g/mol. The minimum absolute atomic E-state index is 0.345. The van der Waals surface area contributed by atoms with Gasteiger partial charge in [0.2, 0.25) is 0 Å². The zero-order chi connectivity index (χ0) is 19.5. The standard InChI is InChI=1S/C19H18N6O2S/c1-12-8-13(2)25-17(23-12)15(9-22-25)18(26)27-16(14-6-4-3-5-7-14)10-28-19-20-11-21-24-19/h3-9,11,16H,10H2,1-2H3,(H,20,21,24). The highest BCUT2D eigenvalue weighted by atomic mass is 32.2. The van der Waals surface area contributed by atoms with E-state index >= 15 is 0 Å². The number of ether oxygens (including phenoxy) is 1. The highest BCUT2D eigenvalue weighted by Crippen LogP contribution is 2.27. The Labute approximate surface area is 165 Å². The fraction of sp³-hybridized carbons (Fsp3) is 0.211. The van der Waals surface area contributed by atoms with Crippen LogP contribution >= 0.6 is 11.8 Å². The number of aromatic amines is 1. The largest absolute Gasteiger partial charge is 0.453 e. The van der Waals surface area contributed by atoms with Gasteiger partial charge in [-0.25, -0.2) is 19.3 Å². The number of thioether (sulfide) groups is 1. The predicted molar refractivity (Wildman–Crippen MR) is 104 cm³/mol. The van der Waals surface area contributed by atoms with Gasteiger partial charge in [-0.05, 0) is 25.5 Å². The number of nitrogens with one attached hydrogen (secondary N) is 1. The first kappa shape index (κ1) is 18.2. The summed E-state index contributed by atoms with van der Waals surface area (Å²) in [6, 6.07) is 11.5. The molecule has 1 N–H and O–H groups in total. The summed E-state index contributed by atoms with van der Waals surface area (Å²) < 4.78 is 7.50. The number of hydrogen-bond acceptors (Lipinski definition) is 7. The molecule has 0 aliphatic rings. The summed E-state index contributed by atoms with van der Waals surface area (Å²) in [6.45, 7) is 3.81. The van der Waals surface area contributed by atoms with Gasteiger partial charge in [-0.2, -0.15) is 10.2 Å². The second-order valence-corrected chi connectivity index (χ2v) is 7.25. The van der Waals surface area contributed by atoms with Crippen molar-refractivity contribution in [3.8, 4) is 0 Å². The van der Waals surface area contributed by atoms with Crippen LogP contribution < -0.4 is 0 Å². The van der Waals surface area contributed by atoms with Crippen LogP contribution in [0.1, 0.15) is 33.4 Å². The minimum atomic E-state index is -0.459. The maximum Gasteiger partial charge on any atom is 0.344 e. The van der Waals surface area contributed by atoms with Crippen molar-refractivity contribution in [3.05, 3.63) is 71.4 Å². The summed E-state index contributed by atoms with van der Waals surface area (Å²) in [7, 11) is 0. The average molecular weight is 394 g/mol. The van der Waals surface area contributed by atoms with Crippen LogP contribution in [0.2, 0.25) is 0 Å². The predicted octanol–water partition coefficient (Wildman–Crippen LogP) is 3.15. The Kier molecular flexibility index (Phi) is 5.07. The Morgan fingerprint density at radius 2 is 2.11 bits per heavy atom. The van der Waals surface area contributed by atoms with Crippen LogP contribution in [0.25, 0.3) is 5.65 Å². The molecule has 28 heavy (non-hydrogen) atoms. The highest BCUT2D eigenvalue weighted by molar-refractivity contribution is 7.99. The van der Waals surface area contributed by atoms with Gasteiger partial charge in [0.25, 0.3) is 0 Å². The number of fused-ring (bicyclic) bond motifs is 1. The van der Waals surface area contributed by atoms with Crippen molar-refractivity contribution in [2.75, 3.05) is 5.75 Å². The molecule has 8 nitrogen and oxygen atoms in total. The van der Waals surface area contributed by atoms with E-state index in [0.29, 0.717) is 22.1 Å². The molecule has 0 amide bonds. The molecule has 142 valence electrons. The molecule has 0 saturated heterocycles. The van der Waals surface area contributed by atoms with Gasteiger partial charge in [-0.3, -0.25) is 5.10 Å². The first-order valence-electron chi connectivity index (χ1n) is 8.68. The molecule has 1 atom stereocenters. The smallest absolute Gasteiger partial charge is 0.344 e. The van der Waals surface area contributed by atoms with E-state index in [2.05, 4.69) is 25.3 Å². The van der Waals surface area contributed by atoms with Crippen LogP contribution in [0.4, 0.5) is 0 Å². The SMILES string of the molecule is Cc1cc(C)n2ncc(C(=O)OC(CSc3ncn[nH]3)c3ccccc3)c2n1. The van der Waals surface area contributed by atoms with Gasteiger partial charge in [0.1, 0.15) is 18.0 Å². The number of rotatable bonds is 6. The van der Waals surface area contributed by atoms with E-state index in [1.807, 2.05) is 50.2 Å². The molecule has 0 fully saturated rings. The third kappa shape index (κ3) is 3.74. The van der Waals surface area contributed by atoms with Crippen LogP contribution in [-0.2, 0) is 4.74 Å². The first-order chi connectivity index (χ1) is 13.6. The number of carbonyl (C=O) groups is 1. The van der Waals surface area contributed by atoms with Crippen LogP contribution in [-0.4, -0.2) is 41.5 Å². The van der Waals surface area contributed by atoms with E-state index in [1.54, 1.807) is 4.52 Å². The Hall–Kier alpha value is -3.20. The zero-order valence-corrected chi connectivity index (χ0v) is 16.2. The number of carbonyl (C=O) groups excluding carboxylic acids is 1. The van der Waals surface area contributed by atoms with Crippen molar-refractivity contribution < 1.29 is 9.53 Å². The average Bonchev–Trinajstić information content (AvgIpc) is 3.35. The Morgan fingerprint density at radius 3 is 2.86 bits per heavy atom. The van der Waals surface area contributed by atoms with Crippen LogP contribution in [0.5, 0.6) is 0 Å². The fourth-order valence-corrected chi connectivity index (χ4v) is 3.70. The second kappa shape index (κ2) is 7.81. The molecule has 0 saturated carbocycles. The minimum Gasteiger partial charge on any atom is -0.453 e. The Bertz CT molecular complexity index is 1090. The van der Waals surface area contributed by atoms with E-state index in [1.165, 1.54) is 24.3 Å². The van der Waals surface area contributed by atoms with E-state index in [9.17, 15) is 4.79 Å². The van der Waals surface area contributed by atoms with Gasteiger partial charge in [0, 0.05) is 17.1 Å². The number of nitrogens with zero attached hydrogens (tertiary/aromatic N) is 5. The van der Waals surface area contributed by atoms with E-state index in [4.69, 9.17) is 4.74 Å². The van der Waals surface area contributed by atoms with Crippen LogP contribution in [0.3, 0.4) is 0 Å². The Morgan fingerprint density at radius 1 is 1.29 bits per heavy atom. The zero-order valence-electron chi connectivity index (χ0n) is 15.4. The topological polar surface area (TPSA) is 98.1 Å². The molecule has 0 aliphatic carbocycles. The number of esters is 1. The molecule has 3 heterocycles. The third-order valence-corrected chi connectivity index (χ3v) is 5.12. The van der Waals surface area contributed by atoms with Gasteiger partial charge < -0.3 is 4.74 Å². The van der Waals surface area contributed by atoms with Crippen molar-refractivity contribution >= 4 is 23.4 Å². The van der Waals surface area contributed by atoms with E-state index in [0.717, 1.165) is 17.0 Å². The van der Waals surface area contributed by atoms with Crippen LogP contribution in [0.15, 0.2) is 54.1 Å². The van der Waals surface area contributed by atoms with Gasteiger partial charge in [0.05, 0.1) is 6.20 Å². The summed E-state index contributed by atoms with van der Waals surface area (Å²) in [6.07, 6.45) is 2.49. The molecule has 0 radical (unpaired) electrons. The number of benzene rings is 1. The first-order valence-corrected chi connectivity index (χ1v) is 9.66. The van der Waals surface area contributed by atoms with E-state index in [-0.39, 0.29) is 0 Å². The van der Waals surface area contributed by atoms with Crippen molar-refractivity contribution in [3.63, 3.8) is 0 Å². The molecule has 1 unspecified atom stereocenters. The molecular formula is C19H18N6O2S.